The highest BCUT2D eigenvalue weighted by atomic mass is 79.9. The highest BCUT2D eigenvalue weighted by Gasteiger charge is 1.97. The molecule has 0 aliphatic carbocycles. The third-order valence-electron chi connectivity index (χ3n) is 1.92. The molecule has 0 radical (unpaired) electrons. The summed E-state index contributed by atoms with van der Waals surface area (Å²) in [5, 5.41) is 3.31. The summed E-state index contributed by atoms with van der Waals surface area (Å²) in [7, 11) is 1.67. The molecule has 3 heteroatoms. The van der Waals surface area contributed by atoms with Gasteiger partial charge in [-0.05, 0) is 26.0 Å². The van der Waals surface area contributed by atoms with E-state index in [0.29, 0.717) is 0 Å². The summed E-state index contributed by atoms with van der Waals surface area (Å²) >= 11 is 3.44. The second kappa shape index (κ2) is 5.81. The van der Waals surface area contributed by atoms with Gasteiger partial charge in [0, 0.05) is 22.8 Å². The number of methoxy groups -OCH3 is 1. The maximum atomic E-state index is 5.18. The van der Waals surface area contributed by atoms with E-state index in [1.807, 2.05) is 18.2 Å². The van der Waals surface area contributed by atoms with Gasteiger partial charge in [-0.2, -0.15) is 0 Å². The number of anilines is 1. The topological polar surface area (TPSA) is 21.3 Å². The van der Waals surface area contributed by atoms with Gasteiger partial charge in [0.25, 0.3) is 0 Å². The molecule has 1 rings (SSSR count). The average Bonchev–Trinajstić information content (AvgIpc) is 2.16. The molecular formula is C12H16BrNO. The summed E-state index contributed by atoms with van der Waals surface area (Å²) in [5.74, 6) is 0.851. The van der Waals surface area contributed by atoms with Gasteiger partial charge in [0.05, 0.1) is 7.11 Å². The molecule has 0 aliphatic heterocycles. The van der Waals surface area contributed by atoms with Crippen LogP contribution in [0.5, 0.6) is 5.75 Å². The van der Waals surface area contributed by atoms with Crippen LogP contribution in [-0.4, -0.2) is 13.7 Å². The number of halogens is 1. The fourth-order valence-corrected chi connectivity index (χ4v) is 1.63. The lowest BCUT2D eigenvalue weighted by Crippen LogP contribution is -1.99. The lowest BCUT2D eigenvalue weighted by atomic mass is 10.3. The number of nitrogens with one attached hydrogen (secondary N) is 1. The zero-order valence-corrected chi connectivity index (χ0v) is 10.9. The molecule has 82 valence electrons. The number of hydrogen-bond acceptors (Lipinski definition) is 2. The first kappa shape index (κ1) is 12.1. The van der Waals surface area contributed by atoms with Crippen LogP contribution in [0.2, 0.25) is 0 Å². The fraction of sp³-hybridized carbons (Fsp3) is 0.333. The van der Waals surface area contributed by atoms with E-state index in [0.717, 1.165) is 22.5 Å². The lowest BCUT2D eigenvalue weighted by molar-refractivity contribution is 0.414. The average molecular weight is 270 g/mol. The van der Waals surface area contributed by atoms with E-state index in [-0.39, 0.29) is 0 Å². The van der Waals surface area contributed by atoms with Crippen molar-refractivity contribution in [1.29, 1.82) is 0 Å². The van der Waals surface area contributed by atoms with Crippen molar-refractivity contribution in [1.82, 2.24) is 0 Å². The summed E-state index contributed by atoms with van der Waals surface area (Å²) in [4.78, 5) is 0. The van der Waals surface area contributed by atoms with Crippen molar-refractivity contribution >= 4 is 21.6 Å². The van der Waals surface area contributed by atoms with Gasteiger partial charge < -0.3 is 10.1 Å². The van der Waals surface area contributed by atoms with Crippen molar-refractivity contribution in [3.63, 3.8) is 0 Å². The van der Waals surface area contributed by atoms with Crippen molar-refractivity contribution < 1.29 is 4.74 Å². The van der Waals surface area contributed by atoms with Crippen LogP contribution in [0.25, 0.3) is 0 Å². The van der Waals surface area contributed by atoms with Crippen LogP contribution in [0.4, 0.5) is 5.69 Å². The summed E-state index contributed by atoms with van der Waals surface area (Å²) in [6.07, 6.45) is 2.15. The minimum atomic E-state index is 0.835. The molecule has 0 aromatic heterocycles. The van der Waals surface area contributed by atoms with Crippen LogP contribution in [0.3, 0.4) is 0 Å². The summed E-state index contributed by atoms with van der Waals surface area (Å²) in [6, 6.07) is 5.94. The Morgan fingerprint density at radius 2 is 2.13 bits per heavy atom. The van der Waals surface area contributed by atoms with Crippen molar-refractivity contribution in [2.45, 2.75) is 13.8 Å². The first-order valence-corrected chi connectivity index (χ1v) is 5.63. The molecule has 0 unspecified atom stereocenters. The molecule has 1 N–H and O–H groups in total. The van der Waals surface area contributed by atoms with Crippen LogP contribution in [0.15, 0.2) is 34.3 Å². The Kier molecular flexibility index (Phi) is 4.69. The molecule has 0 atom stereocenters. The Bertz CT molecular complexity index is 357. The molecule has 15 heavy (non-hydrogen) atoms. The van der Waals surface area contributed by atoms with Gasteiger partial charge in [0.1, 0.15) is 5.75 Å². The van der Waals surface area contributed by atoms with Gasteiger partial charge in [-0.15, -0.1) is 0 Å². The van der Waals surface area contributed by atoms with Crippen LogP contribution >= 0.6 is 15.9 Å². The number of ether oxygens (including phenoxy) is 1. The standard InChI is InChI=1S/C12H16BrNO/c1-9(2)4-5-14-11-6-10(13)7-12(8-11)15-3/h4,6-8,14H,5H2,1-3H3. The summed E-state index contributed by atoms with van der Waals surface area (Å²) in [5.41, 5.74) is 2.36. The molecule has 1 aromatic rings. The van der Waals surface area contributed by atoms with Crippen molar-refractivity contribution in [3.8, 4) is 5.75 Å². The molecule has 1 aromatic carbocycles. The van der Waals surface area contributed by atoms with Crippen molar-refractivity contribution in [2.24, 2.45) is 0 Å². The number of allylic oxidation sites excluding steroid dienone is 1. The molecular weight excluding hydrogens is 254 g/mol. The SMILES string of the molecule is COc1cc(Br)cc(NCC=C(C)C)c1. The first-order chi connectivity index (χ1) is 7.11. The zero-order valence-electron chi connectivity index (χ0n) is 9.30. The second-order valence-electron chi connectivity index (χ2n) is 3.54. The van der Waals surface area contributed by atoms with Crippen LogP contribution in [0, 0.1) is 0 Å². The fourth-order valence-electron chi connectivity index (χ4n) is 1.16. The van der Waals surface area contributed by atoms with E-state index >= 15 is 0 Å². The third-order valence-corrected chi connectivity index (χ3v) is 2.38. The second-order valence-corrected chi connectivity index (χ2v) is 4.46. The quantitative estimate of drug-likeness (QED) is 0.839. The highest BCUT2D eigenvalue weighted by Crippen LogP contribution is 2.24. The molecule has 0 amide bonds. The largest absolute Gasteiger partial charge is 0.497 e. The highest BCUT2D eigenvalue weighted by molar-refractivity contribution is 9.10. The number of hydrogen-bond donors (Lipinski definition) is 1. The molecule has 0 spiro atoms. The maximum Gasteiger partial charge on any atom is 0.122 e. The number of rotatable bonds is 4. The molecule has 0 saturated heterocycles. The smallest absolute Gasteiger partial charge is 0.122 e. The molecule has 0 bridgehead atoms. The predicted molar refractivity (Wildman–Crippen MR) is 68.6 cm³/mol. The molecule has 0 heterocycles. The molecule has 0 aliphatic rings. The maximum absolute atomic E-state index is 5.18. The lowest BCUT2D eigenvalue weighted by Gasteiger charge is -2.07. The predicted octanol–water partition coefficient (Wildman–Crippen LogP) is 3.84. The van der Waals surface area contributed by atoms with E-state index in [1.165, 1.54) is 5.57 Å². The molecule has 0 saturated carbocycles. The van der Waals surface area contributed by atoms with Crippen molar-refractivity contribution in [2.75, 3.05) is 19.0 Å². The Hall–Kier alpha value is -0.960. The van der Waals surface area contributed by atoms with E-state index in [2.05, 4.69) is 41.2 Å². The third kappa shape index (κ3) is 4.38. The van der Waals surface area contributed by atoms with Crippen molar-refractivity contribution in [3.05, 3.63) is 34.3 Å². The summed E-state index contributed by atoms with van der Waals surface area (Å²) in [6.45, 7) is 5.01. The Labute approximate surface area is 99.5 Å². The van der Waals surface area contributed by atoms with Gasteiger partial charge in [0.15, 0.2) is 0 Å². The van der Waals surface area contributed by atoms with E-state index < -0.39 is 0 Å². The zero-order chi connectivity index (χ0) is 11.3. The first-order valence-electron chi connectivity index (χ1n) is 4.83. The van der Waals surface area contributed by atoms with Crippen LogP contribution in [-0.2, 0) is 0 Å². The molecule has 0 fully saturated rings. The van der Waals surface area contributed by atoms with Gasteiger partial charge in [0.2, 0.25) is 0 Å². The van der Waals surface area contributed by atoms with E-state index in [9.17, 15) is 0 Å². The number of benzene rings is 1. The van der Waals surface area contributed by atoms with Gasteiger partial charge in [-0.3, -0.25) is 0 Å². The van der Waals surface area contributed by atoms with Gasteiger partial charge in [-0.25, -0.2) is 0 Å². The normalized spacial score (nSPS) is 9.60. The Morgan fingerprint density at radius 3 is 2.73 bits per heavy atom. The minimum Gasteiger partial charge on any atom is -0.497 e. The van der Waals surface area contributed by atoms with E-state index in [1.54, 1.807) is 7.11 Å². The van der Waals surface area contributed by atoms with Crippen LogP contribution in [0.1, 0.15) is 13.8 Å². The summed E-state index contributed by atoms with van der Waals surface area (Å²) < 4.78 is 6.19. The molecule has 2 nitrogen and oxygen atoms in total. The Morgan fingerprint density at radius 1 is 1.40 bits per heavy atom. The monoisotopic (exact) mass is 269 g/mol. The van der Waals surface area contributed by atoms with E-state index in [4.69, 9.17) is 4.74 Å². The van der Waals surface area contributed by atoms with Gasteiger partial charge >= 0.3 is 0 Å². The van der Waals surface area contributed by atoms with Crippen LogP contribution < -0.4 is 10.1 Å². The Balaban J connectivity index is 2.68. The minimum absolute atomic E-state index is 0.835. The van der Waals surface area contributed by atoms with Gasteiger partial charge in [-0.1, -0.05) is 27.6 Å².